The summed E-state index contributed by atoms with van der Waals surface area (Å²) in [5, 5.41) is 5.80. The fraction of sp³-hybridized carbons (Fsp3) is 0.500. The Hall–Kier alpha value is -1.35. The van der Waals surface area contributed by atoms with E-state index >= 15 is 0 Å². The molecule has 2 rings (SSSR count). The first-order valence-electron chi connectivity index (χ1n) is 7.29. The molecule has 0 aliphatic carbocycles. The Morgan fingerprint density at radius 3 is 2.70 bits per heavy atom. The lowest BCUT2D eigenvalue weighted by molar-refractivity contribution is 0.0730. The van der Waals surface area contributed by atoms with Crippen LogP contribution < -0.4 is 10.6 Å². The minimum Gasteiger partial charge on any atom is -0.379 e. The van der Waals surface area contributed by atoms with Gasteiger partial charge in [-0.3, -0.25) is 0 Å². The second-order valence-corrected chi connectivity index (χ2v) is 7.59. The lowest BCUT2D eigenvalue weighted by Crippen LogP contribution is -2.44. The van der Waals surface area contributed by atoms with Gasteiger partial charge in [0.15, 0.2) is 0 Å². The average Bonchev–Trinajstić information content (AvgIpc) is 2.54. The van der Waals surface area contributed by atoms with E-state index in [4.69, 9.17) is 16.3 Å². The van der Waals surface area contributed by atoms with E-state index in [9.17, 15) is 13.2 Å². The third-order valence-corrected chi connectivity index (χ3v) is 5.46. The van der Waals surface area contributed by atoms with Crippen LogP contribution in [0.4, 0.5) is 4.79 Å². The molecule has 0 saturated carbocycles. The molecule has 0 atom stereocenters. The number of amides is 2. The minimum atomic E-state index is -3.36. The number of ether oxygens (including phenoxy) is 1. The largest absolute Gasteiger partial charge is 0.379 e. The van der Waals surface area contributed by atoms with Gasteiger partial charge in [-0.2, -0.15) is 4.31 Å². The SMILES string of the molecule is O=C(NCCS(=O)(=O)N1CCOCC1)NCc1cccc(Cl)c1. The summed E-state index contributed by atoms with van der Waals surface area (Å²) in [6.45, 7) is 1.93. The van der Waals surface area contributed by atoms with Crippen molar-refractivity contribution in [2.24, 2.45) is 0 Å². The van der Waals surface area contributed by atoms with E-state index in [1.807, 2.05) is 6.07 Å². The molecule has 0 aromatic heterocycles. The van der Waals surface area contributed by atoms with Gasteiger partial charge in [-0.05, 0) is 17.7 Å². The van der Waals surface area contributed by atoms with Gasteiger partial charge in [0, 0.05) is 31.2 Å². The molecule has 128 valence electrons. The Kier molecular flexibility index (Phi) is 6.64. The van der Waals surface area contributed by atoms with Crippen molar-refractivity contribution < 1.29 is 17.9 Å². The number of hydrogen-bond acceptors (Lipinski definition) is 4. The first-order chi connectivity index (χ1) is 11.0. The molecule has 1 heterocycles. The molecular formula is C14H20ClN3O4S. The van der Waals surface area contributed by atoms with Crippen molar-refractivity contribution in [3.05, 3.63) is 34.9 Å². The molecule has 1 saturated heterocycles. The van der Waals surface area contributed by atoms with E-state index in [1.54, 1.807) is 18.2 Å². The highest BCUT2D eigenvalue weighted by atomic mass is 35.5. The number of hydrogen-bond donors (Lipinski definition) is 2. The van der Waals surface area contributed by atoms with Gasteiger partial charge in [-0.1, -0.05) is 23.7 Å². The second kappa shape index (κ2) is 8.49. The van der Waals surface area contributed by atoms with E-state index < -0.39 is 16.1 Å². The highest BCUT2D eigenvalue weighted by Crippen LogP contribution is 2.10. The molecule has 1 aliphatic rings. The number of rotatable bonds is 6. The molecule has 2 amide bonds. The summed E-state index contributed by atoms with van der Waals surface area (Å²) < 4.78 is 30.7. The van der Waals surface area contributed by atoms with Crippen LogP contribution in [0.2, 0.25) is 5.02 Å². The van der Waals surface area contributed by atoms with Gasteiger partial charge in [0.2, 0.25) is 10.0 Å². The van der Waals surface area contributed by atoms with Crippen LogP contribution in [0.1, 0.15) is 5.56 Å². The molecule has 1 fully saturated rings. The van der Waals surface area contributed by atoms with E-state index in [2.05, 4.69) is 10.6 Å². The Morgan fingerprint density at radius 2 is 2.00 bits per heavy atom. The zero-order chi connectivity index (χ0) is 16.7. The van der Waals surface area contributed by atoms with Crippen LogP contribution in [-0.4, -0.2) is 57.4 Å². The number of benzene rings is 1. The summed E-state index contributed by atoms with van der Waals surface area (Å²) >= 11 is 5.86. The molecule has 1 aromatic carbocycles. The highest BCUT2D eigenvalue weighted by Gasteiger charge is 2.23. The van der Waals surface area contributed by atoms with E-state index in [0.29, 0.717) is 37.9 Å². The van der Waals surface area contributed by atoms with Crippen LogP contribution in [0.5, 0.6) is 0 Å². The standard InChI is InChI=1S/C14H20ClN3O4S/c15-13-3-1-2-12(10-13)11-17-14(19)16-4-9-23(20,21)18-5-7-22-8-6-18/h1-3,10H,4-9,11H2,(H2,16,17,19). The summed E-state index contributed by atoms with van der Waals surface area (Å²) in [5.41, 5.74) is 0.869. The summed E-state index contributed by atoms with van der Waals surface area (Å²) in [5.74, 6) is -0.127. The summed E-state index contributed by atoms with van der Waals surface area (Å²) in [6, 6.07) is 6.73. The maximum Gasteiger partial charge on any atom is 0.315 e. The highest BCUT2D eigenvalue weighted by molar-refractivity contribution is 7.89. The number of sulfonamides is 1. The van der Waals surface area contributed by atoms with Crippen molar-refractivity contribution in [2.45, 2.75) is 6.54 Å². The van der Waals surface area contributed by atoms with Crippen molar-refractivity contribution in [3.63, 3.8) is 0 Å². The fourth-order valence-corrected chi connectivity index (χ4v) is 3.68. The quantitative estimate of drug-likeness (QED) is 0.784. The maximum atomic E-state index is 12.1. The third-order valence-electron chi connectivity index (χ3n) is 3.35. The lowest BCUT2D eigenvalue weighted by Gasteiger charge is -2.26. The minimum absolute atomic E-state index is 0.0566. The van der Waals surface area contributed by atoms with Crippen LogP contribution in [0.3, 0.4) is 0 Å². The number of morpholine rings is 1. The third kappa shape index (κ3) is 5.98. The zero-order valence-corrected chi connectivity index (χ0v) is 14.2. The van der Waals surface area contributed by atoms with Gasteiger partial charge in [0.05, 0.1) is 19.0 Å². The summed E-state index contributed by atoms with van der Waals surface area (Å²) in [7, 11) is -3.36. The van der Waals surface area contributed by atoms with Gasteiger partial charge in [0.1, 0.15) is 0 Å². The Morgan fingerprint density at radius 1 is 1.26 bits per heavy atom. The van der Waals surface area contributed by atoms with Crippen LogP contribution in [0, 0.1) is 0 Å². The number of nitrogens with zero attached hydrogens (tertiary/aromatic N) is 1. The summed E-state index contributed by atoms with van der Waals surface area (Å²) in [4.78, 5) is 11.7. The van der Waals surface area contributed by atoms with Gasteiger partial charge < -0.3 is 15.4 Å². The number of carbonyl (C=O) groups excluding carboxylic acids is 1. The van der Waals surface area contributed by atoms with E-state index in [-0.39, 0.29) is 12.3 Å². The van der Waals surface area contributed by atoms with Crippen LogP contribution in [0.25, 0.3) is 0 Å². The van der Waals surface area contributed by atoms with Crippen molar-refractivity contribution >= 4 is 27.7 Å². The van der Waals surface area contributed by atoms with Crippen LogP contribution in [0.15, 0.2) is 24.3 Å². The predicted molar refractivity (Wildman–Crippen MR) is 87.9 cm³/mol. The number of nitrogens with one attached hydrogen (secondary N) is 2. The Labute approximate surface area is 141 Å². The Bertz CT molecular complexity index is 633. The molecule has 0 unspecified atom stereocenters. The maximum absolute atomic E-state index is 12.1. The fourth-order valence-electron chi connectivity index (χ4n) is 2.14. The zero-order valence-electron chi connectivity index (χ0n) is 12.6. The topological polar surface area (TPSA) is 87.7 Å². The second-order valence-electron chi connectivity index (χ2n) is 5.07. The van der Waals surface area contributed by atoms with Gasteiger partial charge in [0.25, 0.3) is 0 Å². The van der Waals surface area contributed by atoms with Crippen molar-refractivity contribution in [1.29, 1.82) is 0 Å². The molecule has 9 heteroatoms. The van der Waals surface area contributed by atoms with Crippen molar-refractivity contribution in [3.8, 4) is 0 Å². The first-order valence-corrected chi connectivity index (χ1v) is 9.28. The molecule has 0 bridgehead atoms. The number of urea groups is 1. The van der Waals surface area contributed by atoms with Crippen LogP contribution in [-0.2, 0) is 21.3 Å². The smallest absolute Gasteiger partial charge is 0.315 e. The number of carbonyl (C=O) groups is 1. The predicted octanol–water partition coefficient (Wildman–Crippen LogP) is 0.801. The monoisotopic (exact) mass is 361 g/mol. The average molecular weight is 362 g/mol. The molecule has 23 heavy (non-hydrogen) atoms. The summed E-state index contributed by atoms with van der Waals surface area (Å²) in [6.07, 6.45) is 0. The molecular weight excluding hydrogens is 342 g/mol. The molecule has 1 aromatic rings. The van der Waals surface area contributed by atoms with E-state index in [0.717, 1.165) is 5.56 Å². The van der Waals surface area contributed by atoms with Gasteiger partial charge in [-0.15, -0.1) is 0 Å². The Balaban J connectivity index is 1.70. The van der Waals surface area contributed by atoms with Crippen molar-refractivity contribution in [2.75, 3.05) is 38.6 Å². The van der Waals surface area contributed by atoms with Gasteiger partial charge >= 0.3 is 6.03 Å². The first kappa shape index (κ1) is 18.0. The lowest BCUT2D eigenvalue weighted by atomic mass is 10.2. The van der Waals surface area contributed by atoms with Crippen LogP contribution >= 0.6 is 11.6 Å². The molecule has 1 aliphatic heterocycles. The molecule has 0 spiro atoms. The van der Waals surface area contributed by atoms with E-state index in [1.165, 1.54) is 4.31 Å². The molecule has 2 N–H and O–H groups in total. The normalized spacial score (nSPS) is 16.0. The molecule has 7 nitrogen and oxygen atoms in total. The molecule has 0 radical (unpaired) electrons. The number of halogens is 1. The van der Waals surface area contributed by atoms with Gasteiger partial charge in [-0.25, -0.2) is 13.2 Å². The van der Waals surface area contributed by atoms with Crippen molar-refractivity contribution in [1.82, 2.24) is 14.9 Å².